The van der Waals surface area contributed by atoms with Gasteiger partial charge in [-0.2, -0.15) is 0 Å². The van der Waals surface area contributed by atoms with Crippen molar-refractivity contribution in [1.29, 1.82) is 0 Å². The lowest BCUT2D eigenvalue weighted by Gasteiger charge is -2.19. The fraction of sp³-hybridized carbons (Fsp3) is 0.905. The van der Waals surface area contributed by atoms with E-state index < -0.39 is 0 Å². The SMILES string of the molecule is CC(C)(C)OC(=O)CCCCCCCCCCCCCCC(=O)OCCl. The maximum atomic E-state index is 11.6. The van der Waals surface area contributed by atoms with E-state index in [0.717, 1.165) is 25.7 Å². The van der Waals surface area contributed by atoms with E-state index in [1.54, 1.807) is 0 Å². The predicted molar refractivity (Wildman–Crippen MR) is 107 cm³/mol. The predicted octanol–water partition coefficient (Wildman–Crippen LogP) is 6.53. The van der Waals surface area contributed by atoms with Crippen molar-refractivity contribution < 1.29 is 19.1 Å². The van der Waals surface area contributed by atoms with Crippen LogP contribution in [0, 0.1) is 0 Å². The highest BCUT2D eigenvalue weighted by atomic mass is 35.5. The molecule has 0 fully saturated rings. The lowest BCUT2D eigenvalue weighted by atomic mass is 10.0. The smallest absolute Gasteiger partial charge is 0.306 e. The first kappa shape index (κ1) is 25.2. The minimum Gasteiger partial charge on any atom is -0.460 e. The Bertz CT molecular complexity index is 364. The molecule has 0 aromatic carbocycles. The zero-order valence-electron chi connectivity index (χ0n) is 17.1. The summed E-state index contributed by atoms with van der Waals surface area (Å²) < 4.78 is 9.98. The van der Waals surface area contributed by atoms with Crippen molar-refractivity contribution in [3.8, 4) is 0 Å². The van der Waals surface area contributed by atoms with Crippen LogP contribution in [0.15, 0.2) is 0 Å². The molecular weight excluding hydrogens is 352 g/mol. The topological polar surface area (TPSA) is 52.6 Å². The summed E-state index contributed by atoms with van der Waals surface area (Å²) in [6.07, 6.45) is 15.2. The zero-order valence-corrected chi connectivity index (χ0v) is 17.9. The van der Waals surface area contributed by atoms with Gasteiger partial charge in [-0.15, -0.1) is 0 Å². The third-order valence-corrected chi connectivity index (χ3v) is 4.26. The largest absolute Gasteiger partial charge is 0.460 e. The minimum atomic E-state index is -0.368. The molecule has 26 heavy (non-hydrogen) atoms. The first-order valence-corrected chi connectivity index (χ1v) is 10.8. The second-order valence-electron chi connectivity index (χ2n) is 7.95. The van der Waals surface area contributed by atoms with Crippen LogP contribution in [0.4, 0.5) is 0 Å². The van der Waals surface area contributed by atoms with Gasteiger partial charge in [0, 0.05) is 12.8 Å². The van der Waals surface area contributed by atoms with E-state index in [1.807, 2.05) is 20.8 Å². The van der Waals surface area contributed by atoms with Crippen molar-refractivity contribution in [3.63, 3.8) is 0 Å². The molecule has 0 saturated carbocycles. The highest BCUT2D eigenvalue weighted by Gasteiger charge is 2.15. The van der Waals surface area contributed by atoms with Crippen LogP contribution in [0.25, 0.3) is 0 Å². The van der Waals surface area contributed by atoms with Crippen LogP contribution in [0.2, 0.25) is 0 Å². The summed E-state index contributed by atoms with van der Waals surface area (Å²) in [5, 5.41) is 0. The fourth-order valence-corrected chi connectivity index (χ4v) is 2.95. The maximum absolute atomic E-state index is 11.6. The average molecular weight is 391 g/mol. The first-order valence-electron chi connectivity index (χ1n) is 10.3. The van der Waals surface area contributed by atoms with Gasteiger partial charge in [0.05, 0.1) is 0 Å². The number of carbonyl (C=O) groups excluding carboxylic acids is 2. The fourth-order valence-electron chi connectivity index (χ4n) is 2.83. The number of unbranched alkanes of at least 4 members (excludes halogenated alkanes) is 11. The van der Waals surface area contributed by atoms with Gasteiger partial charge in [-0.25, -0.2) is 0 Å². The Morgan fingerprint density at radius 3 is 1.35 bits per heavy atom. The molecule has 0 amide bonds. The molecule has 5 heteroatoms. The van der Waals surface area contributed by atoms with E-state index in [1.165, 1.54) is 51.4 Å². The summed E-state index contributed by atoms with van der Waals surface area (Å²) in [6, 6.07) is -0.0391. The molecule has 0 saturated heterocycles. The van der Waals surface area contributed by atoms with Crippen LogP contribution in [0.3, 0.4) is 0 Å². The van der Waals surface area contributed by atoms with Crippen LogP contribution in [-0.2, 0) is 19.1 Å². The molecule has 0 aromatic rings. The van der Waals surface area contributed by atoms with Gasteiger partial charge in [0.1, 0.15) is 5.60 Å². The van der Waals surface area contributed by atoms with E-state index in [-0.39, 0.29) is 23.6 Å². The molecule has 0 aliphatic rings. The quantitative estimate of drug-likeness (QED) is 0.171. The van der Waals surface area contributed by atoms with Crippen molar-refractivity contribution in [1.82, 2.24) is 0 Å². The second kappa shape index (κ2) is 16.4. The van der Waals surface area contributed by atoms with Crippen LogP contribution < -0.4 is 0 Å². The summed E-state index contributed by atoms with van der Waals surface area (Å²) in [7, 11) is 0. The lowest BCUT2D eigenvalue weighted by molar-refractivity contribution is -0.155. The van der Waals surface area contributed by atoms with Gasteiger partial charge in [0.25, 0.3) is 0 Å². The molecule has 0 radical (unpaired) electrons. The summed E-state index contributed by atoms with van der Waals surface area (Å²) in [5.74, 6) is -0.264. The average Bonchev–Trinajstić information content (AvgIpc) is 2.53. The number of carbonyl (C=O) groups is 2. The standard InChI is InChI=1S/C21H39ClO4/c1-21(2,3)26-20(24)17-15-13-11-9-7-5-4-6-8-10-12-14-16-19(23)25-18-22/h4-18H2,1-3H3. The highest BCUT2D eigenvalue weighted by molar-refractivity contribution is 6.17. The Labute approximate surface area is 165 Å². The van der Waals surface area contributed by atoms with Gasteiger partial charge in [0.2, 0.25) is 0 Å². The van der Waals surface area contributed by atoms with E-state index in [2.05, 4.69) is 4.74 Å². The Hall–Kier alpha value is -0.770. The van der Waals surface area contributed by atoms with E-state index in [4.69, 9.17) is 16.3 Å². The van der Waals surface area contributed by atoms with Crippen LogP contribution in [-0.4, -0.2) is 23.6 Å². The molecule has 0 aliphatic heterocycles. The molecule has 0 N–H and O–H groups in total. The Kier molecular flexibility index (Phi) is 15.9. The number of halogens is 1. The normalized spacial score (nSPS) is 11.4. The first-order chi connectivity index (χ1) is 12.3. The third-order valence-electron chi connectivity index (χ3n) is 4.15. The van der Waals surface area contributed by atoms with Crippen molar-refractivity contribution >= 4 is 23.5 Å². The molecule has 4 nitrogen and oxygen atoms in total. The van der Waals surface area contributed by atoms with Gasteiger partial charge in [-0.1, -0.05) is 75.8 Å². The molecule has 0 atom stereocenters. The van der Waals surface area contributed by atoms with Crippen molar-refractivity contribution in [2.24, 2.45) is 0 Å². The van der Waals surface area contributed by atoms with Crippen molar-refractivity contribution in [3.05, 3.63) is 0 Å². The molecule has 0 bridgehead atoms. The van der Waals surface area contributed by atoms with E-state index in [9.17, 15) is 9.59 Å². The van der Waals surface area contributed by atoms with Gasteiger partial charge >= 0.3 is 11.9 Å². The van der Waals surface area contributed by atoms with Crippen LogP contribution in [0.5, 0.6) is 0 Å². The van der Waals surface area contributed by atoms with E-state index >= 15 is 0 Å². The molecule has 0 rings (SSSR count). The van der Waals surface area contributed by atoms with Crippen LogP contribution >= 0.6 is 11.6 Å². The number of ether oxygens (including phenoxy) is 2. The molecule has 0 unspecified atom stereocenters. The molecular formula is C21H39ClO4. The van der Waals surface area contributed by atoms with Gasteiger partial charge in [-0.3, -0.25) is 9.59 Å². The van der Waals surface area contributed by atoms with Gasteiger partial charge in [0.15, 0.2) is 6.07 Å². The third kappa shape index (κ3) is 19.6. The summed E-state index contributed by atoms with van der Waals surface area (Å²) in [4.78, 5) is 22.7. The van der Waals surface area contributed by atoms with E-state index in [0.29, 0.717) is 12.8 Å². The molecule has 0 heterocycles. The van der Waals surface area contributed by atoms with Crippen molar-refractivity contribution in [2.45, 2.75) is 116 Å². The number of hydrogen-bond acceptors (Lipinski definition) is 4. The lowest BCUT2D eigenvalue weighted by Crippen LogP contribution is -2.23. The summed E-state index contributed by atoms with van der Waals surface area (Å²) in [5.41, 5.74) is -0.368. The Balaban J connectivity index is 3.20. The maximum Gasteiger partial charge on any atom is 0.306 e. The second-order valence-corrected chi connectivity index (χ2v) is 8.17. The van der Waals surface area contributed by atoms with Gasteiger partial charge in [-0.05, 0) is 33.6 Å². The monoisotopic (exact) mass is 390 g/mol. The molecule has 0 spiro atoms. The minimum absolute atomic E-state index is 0.0391. The number of alkyl halides is 1. The molecule has 0 aliphatic carbocycles. The Morgan fingerprint density at radius 2 is 1.00 bits per heavy atom. The number of rotatable bonds is 16. The summed E-state index contributed by atoms with van der Waals surface area (Å²) >= 11 is 5.33. The number of hydrogen-bond donors (Lipinski definition) is 0. The zero-order chi connectivity index (χ0) is 19.7. The van der Waals surface area contributed by atoms with Crippen LogP contribution in [0.1, 0.15) is 111 Å². The molecule has 0 aromatic heterocycles. The van der Waals surface area contributed by atoms with Gasteiger partial charge < -0.3 is 9.47 Å². The summed E-state index contributed by atoms with van der Waals surface area (Å²) in [6.45, 7) is 5.72. The Morgan fingerprint density at radius 1 is 0.654 bits per heavy atom. The molecule has 154 valence electrons. The van der Waals surface area contributed by atoms with Crippen molar-refractivity contribution in [2.75, 3.05) is 6.07 Å². The highest BCUT2D eigenvalue weighted by Crippen LogP contribution is 2.14. The number of esters is 2.